The molecule has 1 unspecified atom stereocenters. The summed E-state index contributed by atoms with van der Waals surface area (Å²) < 4.78 is 0. The summed E-state index contributed by atoms with van der Waals surface area (Å²) >= 11 is 0. The van der Waals surface area contributed by atoms with Gasteiger partial charge in [-0.25, -0.2) is 0 Å². The second kappa shape index (κ2) is 20.0. The van der Waals surface area contributed by atoms with Crippen molar-refractivity contribution in [3.8, 4) is 0 Å². The Hall–Kier alpha value is -3.91. The fourth-order valence-corrected chi connectivity index (χ4v) is 4.33. The number of hydrogen-bond acceptors (Lipinski definition) is 6. The zero-order valence-corrected chi connectivity index (χ0v) is 25.3. The third-order valence-corrected chi connectivity index (χ3v) is 6.65. The zero-order chi connectivity index (χ0) is 30.6. The van der Waals surface area contributed by atoms with Gasteiger partial charge in [0, 0.05) is 31.6 Å². The van der Waals surface area contributed by atoms with Crippen molar-refractivity contribution in [1.82, 2.24) is 9.80 Å². The molecule has 2 aliphatic rings. The Morgan fingerprint density at radius 3 is 2.57 bits per heavy atom. The van der Waals surface area contributed by atoms with E-state index in [1.807, 2.05) is 50.4 Å². The number of fused-ring (bicyclic) bond motifs is 1. The summed E-state index contributed by atoms with van der Waals surface area (Å²) in [5.41, 5.74) is 2.64. The highest BCUT2D eigenvalue weighted by molar-refractivity contribution is 6.47. The van der Waals surface area contributed by atoms with E-state index in [0.29, 0.717) is 43.6 Å². The molecule has 0 spiro atoms. The number of amides is 1. The van der Waals surface area contributed by atoms with Gasteiger partial charge in [-0.2, -0.15) is 0 Å². The summed E-state index contributed by atoms with van der Waals surface area (Å²) in [7, 11) is 1.98. The predicted molar refractivity (Wildman–Crippen MR) is 172 cm³/mol. The molecule has 2 rings (SSSR count). The highest BCUT2D eigenvalue weighted by Gasteiger charge is 2.21. The van der Waals surface area contributed by atoms with Crippen molar-refractivity contribution >= 4 is 29.6 Å². The smallest absolute Gasteiger partial charge is 0.303 e. The lowest BCUT2D eigenvalue weighted by atomic mass is 10.1. The molecule has 0 fully saturated rings. The third-order valence-electron chi connectivity index (χ3n) is 6.65. The third kappa shape index (κ3) is 13.2. The van der Waals surface area contributed by atoms with Crippen LogP contribution in [-0.4, -0.2) is 83.8 Å². The summed E-state index contributed by atoms with van der Waals surface area (Å²) in [6.07, 6.45) is 29.2. The highest BCUT2D eigenvalue weighted by Crippen LogP contribution is 2.21. The summed E-state index contributed by atoms with van der Waals surface area (Å²) in [6, 6.07) is -0.295. The van der Waals surface area contributed by atoms with Crippen LogP contribution >= 0.6 is 0 Å². The number of allylic oxidation sites excluding steroid dienone is 8. The minimum absolute atomic E-state index is 0.00776. The van der Waals surface area contributed by atoms with Crippen LogP contribution in [0.5, 0.6) is 0 Å². The van der Waals surface area contributed by atoms with Gasteiger partial charge < -0.3 is 19.7 Å². The molecule has 0 aromatic carbocycles. The van der Waals surface area contributed by atoms with Gasteiger partial charge in [0.2, 0.25) is 0 Å². The van der Waals surface area contributed by atoms with Gasteiger partial charge in [-0.05, 0) is 70.7 Å². The molecule has 1 aliphatic carbocycles. The van der Waals surface area contributed by atoms with Gasteiger partial charge in [-0.15, -0.1) is 0 Å². The molecule has 42 heavy (non-hydrogen) atoms. The molecule has 0 radical (unpaired) electrons. The van der Waals surface area contributed by atoms with Crippen LogP contribution in [0.1, 0.15) is 58.8 Å². The first-order valence-corrected chi connectivity index (χ1v) is 14.9. The fraction of sp³-hybridized carbons (Fsp3) is 0.441. The second-order valence-electron chi connectivity index (χ2n) is 10.2. The van der Waals surface area contributed by atoms with E-state index >= 15 is 0 Å². The number of aliphatic imine (C=N–C) groups is 2. The van der Waals surface area contributed by atoms with Crippen LogP contribution in [-0.2, 0) is 14.4 Å². The first kappa shape index (κ1) is 34.3. The number of hydrogen-bond donors (Lipinski definition) is 1. The molecular formula is C34H46N4O4. The van der Waals surface area contributed by atoms with E-state index in [2.05, 4.69) is 36.1 Å². The molecule has 1 amide bonds. The Labute approximate surface area is 251 Å². The van der Waals surface area contributed by atoms with E-state index in [4.69, 9.17) is 15.1 Å². The Morgan fingerprint density at radius 1 is 1.05 bits per heavy atom. The Morgan fingerprint density at radius 2 is 1.83 bits per heavy atom. The summed E-state index contributed by atoms with van der Waals surface area (Å²) in [6.45, 7) is 5.87. The van der Waals surface area contributed by atoms with E-state index in [-0.39, 0.29) is 24.9 Å². The Kier molecular flexibility index (Phi) is 16.4. The number of aldehydes is 1. The molecule has 1 aliphatic heterocycles. The molecule has 0 aromatic rings. The quantitative estimate of drug-likeness (QED) is 0.0927. The first-order valence-electron chi connectivity index (χ1n) is 14.9. The molecule has 226 valence electrons. The van der Waals surface area contributed by atoms with Gasteiger partial charge in [0.25, 0.3) is 5.91 Å². The van der Waals surface area contributed by atoms with E-state index in [1.54, 1.807) is 17.1 Å². The first-order chi connectivity index (χ1) is 20.4. The lowest BCUT2D eigenvalue weighted by molar-refractivity contribution is -0.137. The van der Waals surface area contributed by atoms with E-state index in [0.717, 1.165) is 43.5 Å². The summed E-state index contributed by atoms with van der Waals surface area (Å²) in [5, 5.41) is 9.03. The van der Waals surface area contributed by atoms with Crippen LogP contribution in [0.15, 0.2) is 94.2 Å². The standard InChI is InChI=1S/C34H46N4O4/c1-4-6-8-10-12-16-31-32(17-13-14-18-33(40)41)36-30-26-28(19-20-29(27-30)35-31)34(42)38(24-25-39)23-22-37(3)21-15-11-9-7-5-2/h4,6-7,9,11-12,15-16,19-20,25-27,29H,5,8,10,13-14,17-18,21-24H2,1-3H3,(H,40,41)/b6-4-,9-7-,15-11-,16-12+. The fourth-order valence-electron chi connectivity index (χ4n) is 4.33. The zero-order valence-electron chi connectivity index (χ0n) is 25.3. The molecule has 8 nitrogen and oxygen atoms in total. The summed E-state index contributed by atoms with van der Waals surface area (Å²) in [4.78, 5) is 49.4. The number of carboxylic acid groups (broad SMARTS) is 1. The van der Waals surface area contributed by atoms with Gasteiger partial charge in [0.05, 0.1) is 29.7 Å². The van der Waals surface area contributed by atoms with Crippen molar-refractivity contribution in [2.75, 3.05) is 33.2 Å². The molecule has 1 N–H and O–H groups in total. The highest BCUT2D eigenvalue weighted by atomic mass is 16.4. The van der Waals surface area contributed by atoms with Crippen LogP contribution in [0.3, 0.4) is 0 Å². The summed E-state index contributed by atoms with van der Waals surface area (Å²) in [5.74, 6) is -1.04. The van der Waals surface area contributed by atoms with Crippen molar-refractivity contribution in [2.24, 2.45) is 9.98 Å². The molecular weight excluding hydrogens is 528 g/mol. The number of likely N-dealkylation sites (N-methyl/N-ethyl adjacent to an activating group) is 1. The monoisotopic (exact) mass is 574 g/mol. The number of nitrogens with zero attached hydrogens (tertiary/aromatic N) is 4. The molecule has 8 heteroatoms. The van der Waals surface area contributed by atoms with E-state index in [9.17, 15) is 14.4 Å². The average molecular weight is 575 g/mol. The lowest BCUT2D eigenvalue weighted by Crippen LogP contribution is -2.39. The normalized spacial score (nSPS) is 17.0. The van der Waals surface area contributed by atoms with Crippen molar-refractivity contribution < 1.29 is 19.5 Å². The maximum atomic E-state index is 13.5. The topological polar surface area (TPSA) is 103 Å². The van der Waals surface area contributed by atoms with Crippen molar-refractivity contribution in [3.05, 3.63) is 84.2 Å². The Balaban J connectivity index is 2.20. The second-order valence-corrected chi connectivity index (χ2v) is 10.2. The number of aliphatic carboxylic acids is 1. The largest absolute Gasteiger partial charge is 0.481 e. The maximum Gasteiger partial charge on any atom is 0.303 e. The molecule has 0 aromatic heterocycles. The van der Waals surface area contributed by atoms with Gasteiger partial charge >= 0.3 is 5.97 Å². The Bertz CT molecular complexity index is 1180. The number of rotatable bonds is 19. The number of carboxylic acids is 1. The van der Waals surface area contributed by atoms with Crippen LogP contribution in [0.25, 0.3) is 0 Å². The number of unbranched alkanes of at least 4 members (excludes halogenated alkanes) is 2. The van der Waals surface area contributed by atoms with Gasteiger partial charge in [0.1, 0.15) is 6.29 Å². The minimum atomic E-state index is -0.812. The molecule has 0 saturated carbocycles. The average Bonchev–Trinajstić information content (AvgIpc) is 3.27. The lowest BCUT2D eigenvalue weighted by Gasteiger charge is -2.24. The van der Waals surface area contributed by atoms with Crippen LogP contribution in [0.2, 0.25) is 0 Å². The van der Waals surface area contributed by atoms with Gasteiger partial charge in [-0.3, -0.25) is 19.6 Å². The minimum Gasteiger partial charge on any atom is -0.481 e. The molecule has 1 atom stereocenters. The van der Waals surface area contributed by atoms with Crippen LogP contribution in [0.4, 0.5) is 0 Å². The van der Waals surface area contributed by atoms with Crippen LogP contribution in [0, 0.1) is 0 Å². The molecule has 2 bridgehead atoms. The van der Waals surface area contributed by atoms with Gasteiger partial charge in [-0.1, -0.05) is 61.6 Å². The van der Waals surface area contributed by atoms with E-state index in [1.165, 1.54) is 0 Å². The maximum absolute atomic E-state index is 13.5. The van der Waals surface area contributed by atoms with Gasteiger partial charge in [0.15, 0.2) is 0 Å². The van der Waals surface area contributed by atoms with E-state index < -0.39 is 5.97 Å². The van der Waals surface area contributed by atoms with Crippen molar-refractivity contribution in [2.45, 2.75) is 64.8 Å². The SMILES string of the molecule is C/C=C\CC/C=C/C1=NC2C=CC(C(=O)N(CC=O)CCN(C)C/C=C\C=C/CC)=CC(=C2)N=C1CCCCC(=O)O. The molecule has 0 saturated heterocycles. The van der Waals surface area contributed by atoms with Crippen molar-refractivity contribution in [3.63, 3.8) is 0 Å². The number of carbonyl (C=O) groups excluding carboxylic acids is 2. The number of carbonyl (C=O) groups is 3. The van der Waals surface area contributed by atoms with Crippen LogP contribution < -0.4 is 0 Å². The van der Waals surface area contributed by atoms with Crippen molar-refractivity contribution in [1.29, 1.82) is 0 Å². The molecule has 1 heterocycles. The predicted octanol–water partition coefficient (Wildman–Crippen LogP) is 5.67.